The minimum Gasteiger partial charge on any atom is -0.267 e. The fourth-order valence-corrected chi connectivity index (χ4v) is 1.96. The highest BCUT2D eigenvalue weighted by molar-refractivity contribution is 6.01. The van der Waals surface area contributed by atoms with Crippen LogP contribution in [0.1, 0.15) is 34.0 Å². The minimum absolute atomic E-state index is 0.0589. The van der Waals surface area contributed by atoms with Crippen LogP contribution in [0.2, 0.25) is 0 Å². The molecule has 1 amide bonds. The third kappa shape index (κ3) is 4.00. The summed E-state index contributed by atoms with van der Waals surface area (Å²) >= 11 is 0. The van der Waals surface area contributed by atoms with Gasteiger partial charge in [0, 0.05) is 17.7 Å². The molecule has 0 unspecified atom stereocenters. The third-order valence-electron chi connectivity index (χ3n) is 3.59. The Hall–Kier alpha value is -3.02. The van der Waals surface area contributed by atoms with E-state index < -0.39 is 10.8 Å². The molecule has 0 fully saturated rings. The summed E-state index contributed by atoms with van der Waals surface area (Å²) in [7, 11) is 0. The van der Waals surface area contributed by atoms with Gasteiger partial charge in [0.1, 0.15) is 0 Å². The van der Waals surface area contributed by atoms with Gasteiger partial charge in [-0.1, -0.05) is 12.1 Å². The van der Waals surface area contributed by atoms with Crippen LogP contribution in [0.25, 0.3) is 0 Å². The van der Waals surface area contributed by atoms with Gasteiger partial charge in [-0.05, 0) is 55.7 Å². The van der Waals surface area contributed by atoms with Crippen LogP contribution in [0.3, 0.4) is 0 Å². The number of carbonyl (C=O) groups is 1. The molecule has 0 aromatic heterocycles. The number of hydrazone groups is 1. The standard InChI is InChI=1S/C17H17N3O3/c1-11-4-5-15(10-12(11)2)13(3)18-19-17(21)14-6-8-16(9-7-14)20(22)23/h4-10H,1-3H3,(H,19,21)/b18-13-. The predicted molar refractivity (Wildman–Crippen MR) is 88.7 cm³/mol. The second-order valence-electron chi connectivity index (χ2n) is 5.24. The molecule has 1 N–H and O–H groups in total. The van der Waals surface area contributed by atoms with Gasteiger partial charge >= 0.3 is 0 Å². The fourth-order valence-electron chi connectivity index (χ4n) is 1.96. The number of amides is 1. The molecule has 6 heteroatoms. The normalized spacial score (nSPS) is 11.2. The Kier molecular flexibility index (Phi) is 4.85. The zero-order chi connectivity index (χ0) is 17.0. The number of nitrogens with zero attached hydrogens (tertiary/aromatic N) is 2. The topological polar surface area (TPSA) is 84.6 Å². The molecule has 6 nitrogen and oxygen atoms in total. The molecule has 0 bridgehead atoms. The number of nitrogens with one attached hydrogen (secondary N) is 1. The van der Waals surface area contributed by atoms with E-state index in [2.05, 4.69) is 10.5 Å². The first kappa shape index (κ1) is 16.4. The molecule has 0 atom stereocenters. The van der Waals surface area contributed by atoms with Crippen LogP contribution in [0.15, 0.2) is 47.6 Å². The van der Waals surface area contributed by atoms with Gasteiger partial charge in [0.25, 0.3) is 11.6 Å². The first-order chi connectivity index (χ1) is 10.9. The zero-order valence-electron chi connectivity index (χ0n) is 13.2. The Morgan fingerprint density at radius 3 is 2.22 bits per heavy atom. The lowest BCUT2D eigenvalue weighted by molar-refractivity contribution is -0.384. The van der Waals surface area contributed by atoms with Crippen molar-refractivity contribution >= 4 is 17.3 Å². The first-order valence-electron chi connectivity index (χ1n) is 7.05. The number of nitro groups is 1. The van der Waals surface area contributed by atoms with E-state index in [0.717, 1.165) is 11.1 Å². The Bertz CT molecular complexity index is 780. The van der Waals surface area contributed by atoms with E-state index in [-0.39, 0.29) is 5.69 Å². The van der Waals surface area contributed by atoms with Crippen molar-refractivity contribution in [1.82, 2.24) is 5.43 Å². The molecule has 118 valence electrons. The van der Waals surface area contributed by atoms with Crippen LogP contribution in [0.4, 0.5) is 5.69 Å². The van der Waals surface area contributed by atoms with Gasteiger partial charge in [0.05, 0.1) is 10.6 Å². The van der Waals surface area contributed by atoms with E-state index in [9.17, 15) is 14.9 Å². The highest BCUT2D eigenvalue weighted by atomic mass is 16.6. The quantitative estimate of drug-likeness (QED) is 0.533. The first-order valence-corrected chi connectivity index (χ1v) is 7.05. The predicted octanol–water partition coefficient (Wildman–Crippen LogP) is 3.37. The minimum atomic E-state index is -0.510. The molecule has 0 spiro atoms. The lowest BCUT2D eigenvalue weighted by atomic mass is 10.0. The molecule has 2 rings (SSSR count). The van der Waals surface area contributed by atoms with Crippen LogP contribution in [0, 0.1) is 24.0 Å². The lowest BCUT2D eigenvalue weighted by Gasteiger charge is -2.06. The van der Waals surface area contributed by atoms with Crippen molar-refractivity contribution < 1.29 is 9.72 Å². The number of carbonyl (C=O) groups excluding carboxylic acids is 1. The molecular weight excluding hydrogens is 294 g/mol. The van der Waals surface area contributed by atoms with Gasteiger partial charge < -0.3 is 0 Å². The summed E-state index contributed by atoms with van der Waals surface area (Å²) in [4.78, 5) is 22.1. The maximum absolute atomic E-state index is 12.0. The van der Waals surface area contributed by atoms with Crippen molar-refractivity contribution in [3.63, 3.8) is 0 Å². The summed E-state index contributed by atoms with van der Waals surface area (Å²) in [6.45, 7) is 5.85. The van der Waals surface area contributed by atoms with Crippen LogP contribution < -0.4 is 5.43 Å². The van der Waals surface area contributed by atoms with Gasteiger partial charge in [-0.3, -0.25) is 14.9 Å². The molecule has 0 saturated carbocycles. The van der Waals surface area contributed by atoms with Crippen LogP contribution in [-0.4, -0.2) is 16.5 Å². The van der Waals surface area contributed by atoms with Crippen LogP contribution in [0.5, 0.6) is 0 Å². The summed E-state index contributed by atoms with van der Waals surface area (Å²) < 4.78 is 0. The van der Waals surface area contributed by atoms with Crippen molar-refractivity contribution in [3.05, 3.63) is 74.8 Å². The molecule has 0 aliphatic rings. The molecule has 2 aromatic rings. The largest absolute Gasteiger partial charge is 0.271 e. The van der Waals surface area contributed by atoms with Crippen LogP contribution >= 0.6 is 0 Å². The summed E-state index contributed by atoms with van der Waals surface area (Å²) in [5, 5.41) is 14.7. The van der Waals surface area contributed by atoms with E-state index in [1.807, 2.05) is 32.0 Å². The number of aryl methyl sites for hydroxylation is 2. The van der Waals surface area contributed by atoms with Crippen molar-refractivity contribution in [2.24, 2.45) is 5.10 Å². The second-order valence-corrected chi connectivity index (χ2v) is 5.24. The van der Waals surface area contributed by atoms with Gasteiger partial charge in [-0.2, -0.15) is 5.10 Å². The average Bonchev–Trinajstić information content (AvgIpc) is 2.54. The number of benzene rings is 2. The highest BCUT2D eigenvalue weighted by Gasteiger charge is 2.09. The zero-order valence-corrected chi connectivity index (χ0v) is 13.2. The van der Waals surface area contributed by atoms with E-state index >= 15 is 0 Å². The van der Waals surface area contributed by atoms with Gasteiger partial charge in [-0.25, -0.2) is 5.43 Å². The molecule has 23 heavy (non-hydrogen) atoms. The monoisotopic (exact) mass is 311 g/mol. The van der Waals surface area contributed by atoms with E-state index in [1.165, 1.54) is 29.8 Å². The van der Waals surface area contributed by atoms with Crippen molar-refractivity contribution in [1.29, 1.82) is 0 Å². The van der Waals surface area contributed by atoms with Gasteiger partial charge in [0.2, 0.25) is 0 Å². The van der Waals surface area contributed by atoms with Crippen molar-refractivity contribution in [3.8, 4) is 0 Å². The van der Waals surface area contributed by atoms with E-state index in [1.54, 1.807) is 6.92 Å². The second kappa shape index (κ2) is 6.83. The number of hydrogen-bond donors (Lipinski definition) is 1. The number of nitro benzene ring substituents is 1. The van der Waals surface area contributed by atoms with E-state index in [0.29, 0.717) is 11.3 Å². The summed E-state index contributed by atoms with van der Waals surface area (Å²) in [5.41, 5.74) is 6.67. The summed E-state index contributed by atoms with van der Waals surface area (Å²) in [5.74, 6) is -0.414. The van der Waals surface area contributed by atoms with Crippen molar-refractivity contribution in [2.45, 2.75) is 20.8 Å². The maximum atomic E-state index is 12.0. The Morgan fingerprint density at radius 2 is 1.65 bits per heavy atom. The molecule has 2 aromatic carbocycles. The smallest absolute Gasteiger partial charge is 0.267 e. The molecular formula is C17H17N3O3. The summed E-state index contributed by atoms with van der Waals surface area (Å²) in [6, 6.07) is 11.3. The van der Waals surface area contributed by atoms with Gasteiger partial charge in [-0.15, -0.1) is 0 Å². The van der Waals surface area contributed by atoms with E-state index in [4.69, 9.17) is 0 Å². The van der Waals surface area contributed by atoms with Crippen LogP contribution in [-0.2, 0) is 0 Å². The lowest BCUT2D eigenvalue weighted by Crippen LogP contribution is -2.19. The molecule has 0 heterocycles. The molecule has 0 saturated heterocycles. The highest BCUT2D eigenvalue weighted by Crippen LogP contribution is 2.12. The number of rotatable bonds is 4. The Morgan fingerprint density at radius 1 is 1.04 bits per heavy atom. The fraction of sp³-hybridized carbons (Fsp3) is 0.176. The molecule has 0 aliphatic heterocycles. The SMILES string of the molecule is C/C(=N/NC(=O)c1ccc([N+](=O)[O-])cc1)c1ccc(C)c(C)c1. The average molecular weight is 311 g/mol. The molecule has 0 aliphatic carbocycles. The Labute approximate surface area is 134 Å². The third-order valence-corrected chi connectivity index (χ3v) is 3.59. The van der Waals surface area contributed by atoms with Gasteiger partial charge in [0.15, 0.2) is 0 Å². The molecule has 0 radical (unpaired) electrons. The Balaban J connectivity index is 2.10. The number of hydrogen-bond acceptors (Lipinski definition) is 4. The van der Waals surface area contributed by atoms with Crippen molar-refractivity contribution in [2.75, 3.05) is 0 Å². The summed E-state index contributed by atoms with van der Waals surface area (Å²) in [6.07, 6.45) is 0. The maximum Gasteiger partial charge on any atom is 0.271 e. The number of non-ortho nitro benzene ring substituents is 1.